The van der Waals surface area contributed by atoms with E-state index in [0.29, 0.717) is 12.6 Å². The molecule has 0 heterocycles. The normalized spacial score (nSPS) is 17.7. The Kier molecular flexibility index (Phi) is 5.84. The maximum Gasteiger partial charge on any atom is 0.227 e. The summed E-state index contributed by atoms with van der Waals surface area (Å²) in [4.78, 5) is 28.5. The van der Waals surface area contributed by atoms with Crippen molar-refractivity contribution in [3.05, 3.63) is 23.8 Å². The van der Waals surface area contributed by atoms with Crippen molar-refractivity contribution in [2.75, 3.05) is 24.3 Å². The molecule has 2 saturated carbocycles. The molecule has 1 aromatic rings. The van der Waals surface area contributed by atoms with E-state index >= 15 is 0 Å². The van der Waals surface area contributed by atoms with E-state index in [9.17, 15) is 9.59 Å². The van der Waals surface area contributed by atoms with Gasteiger partial charge < -0.3 is 15.1 Å². The lowest BCUT2D eigenvalue weighted by Gasteiger charge is -2.34. The standard InChI is InChI=1S/C21H31N3O2/c1-15(25)24(19-7-5-4-6-8-19)14-17-13-18(11-12-20(17)23(2)3)22-21(26)16-9-10-16/h11-13,16,19H,4-10,14H2,1-3H3,(H,22,26). The molecule has 5 nitrogen and oxygen atoms in total. The Hall–Kier alpha value is -2.04. The van der Waals surface area contributed by atoms with Gasteiger partial charge in [-0.25, -0.2) is 0 Å². The quantitative estimate of drug-likeness (QED) is 0.843. The van der Waals surface area contributed by atoms with Crippen molar-refractivity contribution in [3.8, 4) is 0 Å². The molecule has 2 fully saturated rings. The average molecular weight is 357 g/mol. The molecule has 3 rings (SSSR count). The lowest BCUT2D eigenvalue weighted by Crippen LogP contribution is -2.39. The second-order valence-corrected chi connectivity index (χ2v) is 7.94. The lowest BCUT2D eigenvalue weighted by molar-refractivity contribution is -0.132. The highest BCUT2D eigenvalue weighted by molar-refractivity contribution is 5.94. The predicted octanol–water partition coefficient (Wildman–Crippen LogP) is 3.78. The molecule has 5 heteroatoms. The van der Waals surface area contributed by atoms with Crippen LogP contribution in [0.5, 0.6) is 0 Å². The van der Waals surface area contributed by atoms with Gasteiger partial charge >= 0.3 is 0 Å². The summed E-state index contributed by atoms with van der Waals surface area (Å²) in [6.07, 6.45) is 7.85. The van der Waals surface area contributed by atoms with E-state index in [-0.39, 0.29) is 17.7 Å². The van der Waals surface area contributed by atoms with Gasteiger partial charge in [-0.05, 0) is 49.4 Å². The Labute approximate surface area is 156 Å². The monoisotopic (exact) mass is 357 g/mol. The van der Waals surface area contributed by atoms with E-state index in [2.05, 4.69) is 10.2 Å². The van der Waals surface area contributed by atoms with Gasteiger partial charge in [0.15, 0.2) is 0 Å². The summed E-state index contributed by atoms with van der Waals surface area (Å²) in [5, 5.41) is 3.03. The molecule has 2 aliphatic rings. The van der Waals surface area contributed by atoms with E-state index in [1.807, 2.05) is 37.2 Å². The van der Waals surface area contributed by atoms with Gasteiger partial charge in [-0.3, -0.25) is 9.59 Å². The van der Waals surface area contributed by atoms with E-state index in [1.165, 1.54) is 19.3 Å². The van der Waals surface area contributed by atoms with E-state index < -0.39 is 0 Å². The van der Waals surface area contributed by atoms with Crippen molar-refractivity contribution in [1.29, 1.82) is 0 Å². The molecule has 142 valence electrons. The van der Waals surface area contributed by atoms with Crippen LogP contribution >= 0.6 is 0 Å². The Balaban J connectivity index is 1.81. The minimum Gasteiger partial charge on any atom is -0.377 e. The summed E-state index contributed by atoms with van der Waals surface area (Å²) in [5.41, 5.74) is 3.01. The van der Waals surface area contributed by atoms with Crippen LogP contribution in [0.15, 0.2) is 18.2 Å². The van der Waals surface area contributed by atoms with Crippen molar-refractivity contribution in [3.63, 3.8) is 0 Å². The smallest absolute Gasteiger partial charge is 0.227 e. The van der Waals surface area contributed by atoms with Crippen LogP contribution in [-0.2, 0) is 16.1 Å². The Bertz CT molecular complexity index is 661. The third-order valence-electron chi connectivity index (χ3n) is 5.54. The topological polar surface area (TPSA) is 52.7 Å². The number of hydrogen-bond acceptors (Lipinski definition) is 3. The van der Waals surface area contributed by atoms with Gasteiger partial charge in [0, 0.05) is 50.9 Å². The van der Waals surface area contributed by atoms with Crippen molar-refractivity contribution in [2.45, 2.75) is 64.5 Å². The van der Waals surface area contributed by atoms with Gasteiger partial charge in [0.2, 0.25) is 11.8 Å². The summed E-state index contributed by atoms with van der Waals surface area (Å²) < 4.78 is 0. The number of hydrogen-bond donors (Lipinski definition) is 1. The highest BCUT2D eigenvalue weighted by Gasteiger charge is 2.30. The summed E-state index contributed by atoms with van der Waals surface area (Å²) in [6, 6.07) is 6.37. The van der Waals surface area contributed by atoms with Crippen LogP contribution in [0.25, 0.3) is 0 Å². The summed E-state index contributed by atoms with van der Waals surface area (Å²) in [7, 11) is 4.03. The van der Waals surface area contributed by atoms with E-state index in [4.69, 9.17) is 0 Å². The van der Waals surface area contributed by atoms with Crippen LogP contribution in [0, 0.1) is 5.92 Å². The van der Waals surface area contributed by atoms with Crippen LogP contribution in [0.3, 0.4) is 0 Å². The number of benzene rings is 1. The van der Waals surface area contributed by atoms with Crippen LogP contribution in [-0.4, -0.2) is 36.9 Å². The Morgan fingerprint density at radius 2 is 1.77 bits per heavy atom. The largest absolute Gasteiger partial charge is 0.377 e. The third kappa shape index (κ3) is 4.57. The number of nitrogens with one attached hydrogen (secondary N) is 1. The molecule has 1 aromatic carbocycles. The molecule has 0 spiro atoms. The minimum atomic E-state index is 0.115. The molecule has 0 radical (unpaired) electrons. The summed E-state index contributed by atoms with van der Waals surface area (Å²) >= 11 is 0. The molecule has 26 heavy (non-hydrogen) atoms. The van der Waals surface area contributed by atoms with Crippen LogP contribution in [0.4, 0.5) is 11.4 Å². The number of anilines is 2. The molecule has 0 unspecified atom stereocenters. The fraction of sp³-hybridized carbons (Fsp3) is 0.619. The first kappa shape index (κ1) is 18.7. The highest BCUT2D eigenvalue weighted by atomic mass is 16.2. The van der Waals surface area contributed by atoms with Crippen LogP contribution in [0.1, 0.15) is 57.4 Å². The van der Waals surface area contributed by atoms with Crippen molar-refractivity contribution >= 4 is 23.2 Å². The second kappa shape index (κ2) is 8.11. The number of rotatable bonds is 6. The molecule has 1 N–H and O–H groups in total. The Morgan fingerprint density at radius 1 is 1.08 bits per heavy atom. The van der Waals surface area contributed by atoms with Gasteiger partial charge in [0.25, 0.3) is 0 Å². The zero-order valence-electron chi connectivity index (χ0n) is 16.3. The molecule has 2 amide bonds. The lowest BCUT2D eigenvalue weighted by atomic mass is 9.93. The zero-order chi connectivity index (χ0) is 18.7. The summed E-state index contributed by atoms with van der Waals surface area (Å²) in [5.74, 6) is 0.432. The molecule has 0 aromatic heterocycles. The average Bonchev–Trinajstić information content (AvgIpc) is 3.45. The van der Waals surface area contributed by atoms with Crippen molar-refractivity contribution in [1.82, 2.24) is 4.90 Å². The van der Waals surface area contributed by atoms with E-state index in [0.717, 1.165) is 42.6 Å². The van der Waals surface area contributed by atoms with Gasteiger partial charge in [0.1, 0.15) is 0 Å². The first-order valence-electron chi connectivity index (χ1n) is 9.84. The van der Waals surface area contributed by atoms with Crippen molar-refractivity contribution < 1.29 is 9.59 Å². The molecule has 2 aliphatic carbocycles. The van der Waals surface area contributed by atoms with Gasteiger partial charge in [-0.1, -0.05) is 19.3 Å². The van der Waals surface area contributed by atoms with Crippen molar-refractivity contribution in [2.24, 2.45) is 5.92 Å². The van der Waals surface area contributed by atoms with E-state index in [1.54, 1.807) is 6.92 Å². The SMILES string of the molecule is CC(=O)N(Cc1cc(NC(=O)C2CC2)ccc1N(C)C)C1CCCCC1. The van der Waals surface area contributed by atoms with Crippen LogP contribution < -0.4 is 10.2 Å². The fourth-order valence-corrected chi connectivity index (χ4v) is 3.89. The highest BCUT2D eigenvalue weighted by Crippen LogP contribution is 2.32. The number of nitrogens with zero attached hydrogens (tertiary/aromatic N) is 2. The molecular formula is C21H31N3O2. The number of amides is 2. The first-order valence-corrected chi connectivity index (χ1v) is 9.84. The van der Waals surface area contributed by atoms with Gasteiger partial charge in [0.05, 0.1) is 0 Å². The first-order chi connectivity index (χ1) is 12.5. The fourth-order valence-electron chi connectivity index (χ4n) is 3.89. The predicted molar refractivity (Wildman–Crippen MR) is 105 cm³/mol. The maximum absolute atomic E-state index is 12.3. The molecule has 0 atom stereocenters. The maximum atomic E-state index is 12.3. The Morgan fingerprint density at radius 3 is 2.35 bits per heavy atom. The number of carbonyl (C=O) groups excluding carboxylic acids is 2. The molecule has 0 saturated heterocycles. The number of carbonyl (C=O) groups is 2. The van der Waals surface area contributed by atoms with Gasteiger partial charge in [-0.2, -0.15) is 0 Å². The zero-order valence-corrected chi connectivity index (χ0v) is 16.3. The third-order valence-corrected chi connectivity index (χ3v) is 5.54. The molecular weight excluding hydrogens is 326 g/mol. The molecule has 0 aliphatic heterocycles. The molecule has 0 bridgehead atoms. The minimum absolute atomic E-state index is 0.115. The van der Waals surface area contributed by atoms with Gasteiger partial charge in [-0.15, -0.1) is 0 Å². The van der Waals surface area contributed by atoms with Crippen LogP contribution in [0.2, 0.25) is 0 Å². The summed E-state index contributed by atoms with van der Waals surface area (Å²) in [6.45, 7) is 2.27. The second-order valence-electron chi connectivity index (χ2n) is 7.94.